The van der Waals surface area contributed by atoms with Gasteiger partial charge in [0.05, 0.1) is 0 Å². The van der Waals surface area contributed by atoms with Crippen molar-refractivity contribution in [3.05, 3.63) is 47.3 Å². The summed E-state index contributed by atoms with van der Waals surface area (Å²) in [6, 6.07) is 5.57. The Balaban J connectivity index is 1.77. The molecule has 24 heavy (non-hydrogen) atoms. The number of nitrogens with one attached hydrogen (secondary N) is 1. The van der Waals surface area contributed by atoms with E-state index in [-0.39, 0.29) is 17.4 Å². The molecule has 1 aromatic carbocycles. The molecule has 0 atom stereocenters. The monoisotopic (exact) mass is 332 g/mol. The summed E-state index contributed by atoms with van der Waals surface area (Å²) in [5.41, 5.74) is 1.72. The van der Waals surface area contributed by atoms with Crippen LogP contribution in [0.25, 0.3) is 0 Å². The summed E-state index contributed by atoms with van der Waals surface area (Å²) in [7, 11) is 0. The van der Waals surface area contributed by atoms with Crippen molar-refractivity contribution < 1.29 is 14.0 Å². The van der Waals surface area contributed by atoms with Crippen molar-refractivity contribution in [2.45, 2.75) is 39.0 Å². The van der Waals surface area contributed by atoms with Gasteiger partial charge in [-0.15, -0.1) is 0 Å². The van der Waals surface area contributed by atoms with E-state index in [4.69, 9.17) is 0 Å². The van der Waals surface area contributed by atoms with E-state index in [1.807, 2.05) is 0 Å². The molecule has 5 heteroatoms. The van der Waals surface area contributed by atoms with Crippen LogP contribution in [0.1, 0.15) is 49.4 Å². The topological polar surface area (TPSA) is 49.4 Å². The second-order valence-electron chi connectivity index (χ2n) is 6.13. The molecule has 0 bridgehead atoms. The zero-order chi connectivity index (χ0) is 17.4. The average molecular weight is 332 g/mol. The number of hydrogen-bond donors (Lipinski definition) is 1. The molecule has 0 aromatic heterocycles. The van der Waals surface area contributed by atoms with Crippen LogP contribution in [-0.4, -0.2) is 36.3 Å². The van der Waals surface area contributed by atoms with E-state index in [0.717, 1.165) is 19.3 Å². The van der Waals surface area contributed by atoms with Gasteiger partial charge in [0.15, 0.2) is 0 Å². The van der Waals surface area contributed by atoms with Crippen molar-refractivity contribution >= 4 is 11.8 Å². The maximum atomic E-state index is 13.1. The van der Waals surface area contributed by atoms with Crippen LogP contribution in [0.15, 0.2) is 35.9 Å². The third kappa shape index (κ3) is 5.80. The molecular weight excluding hydrogens is 307 g/mol. The lowest BCUT2D eigenvalue weighted by atomic mass is 9.97. The maximum absolute atomic E-state index is 13.1. The van der Waals surface area contributed by atoms with E-state index < -0.39 is 5.82 Å². The van der Waals surface area contributed by atoms with E-state index in [2.05, 4.69) is 11.4 Å². The molecule has 0 heterocycles. The Morgan fingerprint density at radius 1 is 1.25 bits per heavy atom. The number of rotatable bonds is 7. The fraction of sp³-hybridized carbons (Fsp3) is 0.474. The maximum Gasteiger partial charge on any atom is 0.251 e. The molecule has 0 radical (unpaired) electrons. The number of benzene rings is 1. The zero-order valence-corrected chi connectivity index (χ0v) is 14.2. The second kappa shape index (κ2) is 9.21. The van der Waals surface area contributed by atoms with E-state index >= 15 is 0 Å². The summed E-state index contributed by atoms with van der Waals surface area (Å²) in [5, 5.41) is 2.74. The minimum atomic E-state index is -0.436. The Labute approximate surface area is 142 Å². The lowest BCUT2D eigenvalue weighted by Gasteiger charge is -2.23. The predicted octanol–water partition coefficient (Wildman–Crippen LogP) is 3.29. The molecule has 2 rings (SSSR count). The lowest BCUT2D eigenvalue weighted by Crippen LogP contribution is -2.38. The van der Waals surface area contributed by atoms with Crippen LogP contribution in [0.4, 0.5) is 4.39 Å². The van der Waals surface area contributed by atoms with Gasteiger partial charge in [-0.25, -0.2) is 4.39 Å². The van der Waals surface area contributed by atoms with Crippen LogP contribution in [-0.2, 0) is 4.79 Å². The molecule has 1 aliphatic rings. The van der Waals surface area contributed by atoms with Crippen molar-refractivity contribution in [1.29, 1.82) is 0 Å². The standard InChI is InChI=1S/C19H25FN2O2/c1-15(23)22(12-10-16-6-3-2-4-7-16)13-11-21-19(24)17-8-5-9-18(20)14-17/h5-6,8-9,14H,2-4,7,10-13H2,1H3,(H,21,24). The SMILES string of the molecule is CC(=O)N(CCNC(=O)c1cccc(F)c1)CCC1=CCCCC1. The molecular formula is C19H25FN2O2. The highest BCUT2D eigenvalue weighted by atomic mass is 19.1. The first kappa shape index (κ1) is 18.2. The molecule has 0 fully saturated rings. The smallest absolute Gasteiger partial charge is 0.251 e. The zero-order valence-electron chi connectivity index (χ0n) is 14.2. The van der Waals surface area contributed by atoms with E-state index in [1.54, 1.807) is 17.9 Å². The van der Waals surface area contributed by atoms with Gasteiger partial charge >= 0.3 is 0 Å². The summed E-state index contributed by atoms with van der Waals surface area (Å²) in [6.45, 7) is 3.04. The number of amides is 2. The van der Waals surface area contributed by atoms with Gasteiger partial charge in [-0.05, 0) is 50.3 Å². The summed E-state index contributed by atoms with van der Waals surface area (Å²) >= 11 is 0. The Morgan fingerprint density at radius 2 is 2.08 bits per heavy atom. The molecule has 2 amide bonds. The van der Waals surface area contributed by atoms with Gasteiger partial charge in [0.2, 0.25) is 5.91 Å². The minimum absolute atomic E-state index is 0.00594. The van der Waals surface area contributed by atoms with Gasteiger partial charge in [-0.1, -0.05) is 17.7 Å². The molecule has 0 spiro atoms. The number of nitrogens with zero attached hydrogens (tertiary/aromatic N) is 1. The summed E-state index contributed by atoms with van der Waals surface area (Å²) < 4.78 is 13.1. The van der Waals surface area contributed by atoms with Gasteiger partial charge in [0, 0.05) is 32.1 Å². The molecule has 0 saturated carbocycles. The Hall–Kier alpha value is -2.17. The molecule has 1 aliphatic carbocycles. The first-order valence-corrected chi connectivity index (χ1v) is 8.53. The van der Waals surface area contributed by atoms with Gasteiger partial charge < -0.3 is 10.2 Å². The van der Waals surface area contributed by atoms with Crippen LogP contribution >= 0.6 is 0 Å². The highest BCUT2D eigenvalue weighted by Crippen LogP contribution is 2.20. The molecule has 1 N–H and O–H groups in total. The third-order valence-corrected chi connectivity index (χ3v) is 4.29. The number of allylic oxidation sites excluding steroid dienone is 1. The van der Waals surface area contributed by atoms with Gasteiger partial charge in [-0.2, -0.15) is 0 Å². The fourth-order valence-corrected chi connectivity index (χ4v) is 2.87. The largest absolute Gasteiger partial charge is 0.350 e. The summed E-state index contributed by atoms with van der Waals surface area (Å²) in [4.78, 5) is 25.5. The Kier molecular flexibility index (Phi) is 6.97. The first-order valence-electron chi connectivity index (χ1n) is 8.53. The Morgan fingerprint density at radius 3 is 2.75 bits per heavy atom. The predicted molar refractivity (Wildman–Crippen MR) is 92.2 cm³/mol. The van der Waals surface area contributed by atoms with Crippen LogP contribution in [0, 0.1) is 5.82 Å². The number of carbonyl (C=O) groups is 2. The first-order chi connectivity index (χ1) is 11.6. The second-order valence-corrected chi connectivity index (χ2v) is 6.13. The van der Waals surface area contributed by atoms with Crippen molar-refractivity contribution in [2.24, 2.45) is 0 Å². The molecule has 130 valence electrons. The molecule has 0 aliphatic heterocycles. The number of hydrogen-bond acceptors (Lipinski definition) is 2. The average Bonchev–Trinajstić information content (AvgIpc) is 2.58. The van der Waals surface area contributed by atoms with Crippen molar-refractivity contribution in [3.8, 4) is 0 Å². The number of carbonyl (C=O) groups excluding carboxylic acids is 2. The third-order valence-electron chi connectivity index (χ3n) is 4.29. The van der Waals surface area contributed by atoms with Crippen LogP contribution in [0.2, 0.25) is 0 Å². The number of halogens is 1. The summed E-state index contributed by atoms with van der Waals surface area (Å²) in [5.74, 6) is -0.756. The van der Waals surface area contributed by atoms with Crippen LogP contribution in [0.3, 0.4) is 0 Å². The van der Waals surface area contributed by atoms with E-state index in [1.165, 1.54) is 36.6 Å². The van der Waals surface area contributed by atoms with Gasteiger partial charge in [0.25, 0.3) is 5.91 Å². The quantitative estimate of drug-likeness (QED) is 0.779. The molecule has 1 aromatic rings. The molecule has 4 nitrogen and oxygen atoms in total. The van der Waals surface area contributed by atoms with E-state index in [9.17, 15) is 14.0 Å². The fourth-order valence-electron chi connectivity index (χ4n) is 2.87. The van der Waals surface area contributed by atoms with Crippen LogP contribution < -0.4 is 5.32 Å². The van der Waals surface area contributed by atoms with Gasteiger partial charge in [-0.3, -0.25) is 9.59 Å². The summed E-state index contributed by atoms with van der Waals surface area (Å²) in [6.07, 6.45) is 7.94. The highest BCUT2D eigenvalue weighted by molar-refractivity contribution is 5.94. The lowest BCUT2D eigenvalue weighted by molar-refractivity contribution is -0.128. The van der Waals surface area contributed by atoms with E-state index in [0.29, 0.717) is 19.6 Å². The normalized spacial score (nSPS) is 14.0. The van der Waals surface area contributed by atoms with Crippen molar-refractivity contribution in [1.82, 2.24) is 10.2 Å². The van der Waals surface area contributed by atoms with Gasteiger partial charge in [0.1, 0.15) is 5.82 Å². The van der Waals surface area contributed by atoms with Crippen molar-refractivity contribution in [3.63, 3.8) is 0 Å². The minimum Gasteiger partial charge on any atom is -0.350 e. The molecule has 0 saturated heterocycles. The Bertz CT molecular complexity index is 613. The molecule has 0 unspecified atom stereocenters. The van der Waals surface area contributed by atoms with Crippen molar-refractivity contribution in [2.75, 3.05) is 19.6 Å². The van der Waals surface area contributed by atoms with Crippen LogP contribution in [0.5, 0.6) is 0 Å². The highest BCUT2D eigenvalue weighted by Gasteiger charge is 2.12.